The third-order valence-electron chi connectivity index (χ3n) is 3.50. The molecule has 0 atom stereocenters. The topological polar surface area (TPSA) is 64.3 Å². The van der Waals surface area contributed by atoms with E-state index in [0.717, 1.165) is 5.39 Å². The van der Waals surface area contributed by atoms with Gasteiger partial charge in [0.05, 0.1) is 10.8 Å². The molecule has 0 saturated carbocycles. The summed E-state index contributed by atoms with van der Waals surface area (Å²) in [4.78, 5) is 35.6. The van der Waals surface area contributed by atoms with Crippen molar-refractivity contribution in [1.29, 1.82) is 0 Å². The van der Waals surface area contributed by atoms with Crippen molar-refractivity contribution in [2.75, 3.05) is 0 Å². The van der Waals surface area contributed by atoms with Crippen molar-refractivity contribution >= 4 is 32.3 Å². The number of furan rings is 1. The lowest BCUT2D eigenvalue weighted by atomic mass is 10.1. The average molecular weight is 250 g/mol. The van der Waals surface area contributed by atoms with Gasteiger partial charge in [0.1, 0.15) is 0 Å². The highest BCUT2D eigenvalue weighted by Gasteiger charge is 2.18. The first kappa shape index (κ1) is 10.2. The highest BCUT2D eigenvalue weighted by Crippen LogP contribution is 2.27. The molecule has 4 nitrogen and oxygen atoms in total. The Bertz CT molecular complexity index is 1110. The van der Waals surface area contributed by atoms with E-state index in [0.29, 0.717) is 10.8 Å². The molecule has 0 fully saturated rings. The number of rotatable bonds is 0. The van der Waals surface area contributed by atoms with Crippen molar-refractivity contribution in [1.82, 2.24) is 0 Å². The van der Waals surface area contributed by atoms with Gasteiger partial charge in [0.25, 0.3) is 0 Å². The zero-order valence-corrected chi connectivity index (χ0v) is 9.60. The fourth-order valence-electron chi connectivity index (χ4n) is 2.69. The molecule has 19 heavy (non-hydrogen) atoms. The SMILES string of the molecule is O=c1oc(=O)c2c1ccc1c3ccccc3c(=O)c12. The van der Waals surface area contributed by atoms with E-state index in [1.165, 1.54) is 6.07 Å². The molecule has 4 heteroatoms. The molecule has 0 radical (unpaired) electrons. The zero-order valence-electron chi connectivity index (χ0n) is 9.60. The Morgan fingerprint density at radius 3 is 2.11 bits per heavy atom. The van der Waals surface area contributed by atoms with Crippen LogP contribution in [-0.2, 0) is 0 Å². The Kier molecular flexibility index (Phi) is 1.70. The van der Waals surface area contributed by atoms with Gasteiger partial charge in [-0.2, -0.15) is 0 Å². The van der Waals surface area contributed by atoms with Crippen LogP contribution in [0.1, 0.15) is 0 Å². The van der Waals surface area contributed by atoms with E-state index in [-0.39, 0.29) is 21.6 Å². The van der Waals surface area contributed by atoms with Gasteiger partial charge < -0.3 is 4.42 Å². The van der Waals surface area contributed by atoms with Crippen molar-refractivity contribution in [3.8, 4) is 0 Å². The van der Waals surface area contributed by atoms with E-state index in [2.05, 4.69) is 4.42 Å². The molecular weight excluding hydrogens is 244 g/mol. The van der Waals surface area contributed by atoms with Gasteiger partial charge in [-0.3, -0.25) is 4.79 Å². The lowest BCUT2D eigenvalue weighted by molar-refractivity contribution is 0.500. The second kappa shape index (κ2) is 3.17. The Labute approximate surface area is 105 Å². The molecule has 1 heterocycles. The molecule has 0 spiro atoms. The van der Waals surface area contributed by atoms with Gasteiger partial charge in [-0.05, 0) is 16.8 Å². The summed E-state index contributed by atoms with van der Waals surface area (Å²) in [6, 6.07) is 10.4. The molecule has 0 amide bonds. The molecule has 0 N–H and O–H groups in total. The van der Waals surface area contributed by atoms with E-state index in [9.17, 15) is 14.4 Å². The lowest BCUT2D eigenvalue weighted by Gasteiger charge is -1.90. The predicted molar refractivity (Wildman–Crippen MR) is 72.4 cm³/mol. The Hall–Kier alpha value is -2.75. The van der Waals surface area contributed by atoms with E-state index < -0.39 is 11.3 Å². The quantitative estimate of drug-likeness (QED) is 0.476. The van der Waals surface area contributed by atoms with Gasteiger partial charge in [-0.25, -0.2) is 9.59 Å². The molecule has 0 saturated heterocycles. The molecule has 0 unspecified atom stereocenters. The smallest absolute Gasteiger partial charge is 0.347 e. The number of fused-ring (bicyclic) bond motifs is 5. The summed E-state index contributed by atoms with van der Waals surface area (Å²) in [6.45, 7) is 0. The Balaban J connectivity index is 2.53. The van der Waals surface area contributed by atoms with Crippen LogP contribution < -0.4 is 16.7 Å². The molecular formula is C15H6O4. The van der Waals surface area contributed by atoms with Gasteiger partial charge >= 0.3 is 11.3 Å². The summed E-state index contributed by atoms with van der Waals surface area (Å²) in [5.74, 6) is 0. The second-order valence-corrected chi connectivity index (χ2v) is 4.46. The molecule has 0 aliphatic rings. The minimum atomic E-state index is -0.738. The standard InChI is InChI=1S/C15H6O4/c16-13-9-4-2-1-3-7(9)8-5-6-10-12(11(8)13)15(18)19-14(10)17/h1-6H. The van der Waals surface area contributed by atoms with Gasteiger partial charge in [0.2, 0.25) is 0 Å². The highest BCUT2D eigenvalue weighted by molar-refractivity contribution is 6.20. The monoisotopic (exact) mass is 250 g/mol. The fourth-order valence-corrected chi connectivity index (χ4v) is 2.69. The van der Waals surface area contributed by atoms with Gasteiger partial charge in [-0.1, -0.05) is 30.3 Å². The number of benzene rings is 2. The largest absolute Gasteiger partial charge is 0.386 e. The minimum absolute atomic E-state index is 0.101. The summed E-state index contributed by atoms with van der Waals surface area (Å²) in [7, 11) is 0. The number of hydrogen-bond acceptors (Lipinski definition) is 4. The second-order valence-electron chi connectivity index (χ2n) is 4.46. The fraction of sp³-hybridized carbons (Fsp3) is 0. The summed E-state index contributed by atoms with van der Waals surface area (Å²) in [5, 5.41) is 2.59. The van der Waals surface area contributed by atoms with Crippen LogP contribution in [0.2, 0.25) is 0 Å². The Morgan fingerprint density at radius 2 is 1.32 bits per heavy atom. The molecule has 3 aromatic carbocycles. The maximum atomic E-state index is 12.4. The van der Waals surface area contributed by atoms with Gasteiger partial charge in [0.15, 0.2) is 5.43 Å². The van der Waals surface area contributed by atoms with E-state index in [4.69, 9.17) is 0 Å². The highest BCUT2D eigenvalue weighted by atomic mass is 16.4. The van der Waals surface area contributed by atoms with Crippen molar-refractivity contribution in [3.63, 3.8) is 0 Å². The normalized spacial score (nSPS) is 11.8. The predicted octanol–water partition coefficient (Wildman–Crippen LogP) is 1.70. The van der Waals surface area contributed by atoms with Crippen molar-refractivity contribution in [2.24, 2.45) is 0 Å². The van der Waals surface area contributed by atoms with Crippen LogP contribution in [-0.4, -0.2) is 0 Å². The molecule has 0 bridgehead atoms. The molecule has 0 aliphatic heterocycles. The van der Waals surface area contributed by atoms with Crippen LogP contribution in [0.15, 0.2) is 55.2 Å². The Morgan fingerprint density at radius 1 is 0.632 bits per heavy atom. The third-order valence-corrected chi connectivity index (χ3v) is 3.50. The lowest BCUT2D eigenvalue weighted by Crippen LogP contribution is -1.99. The van der Waals surface area contributed by atoms with Crippen molar-refractivity contribution < 1.29 is 4.42 Å². The first-order chi connectivity index (χ1) is 9.18. The summed E-state index contributed by atoms with van der Waals surface area (Å²) >= 11 is 0. The maximum Gasteiger partial charge on any atom is 0.347 e. The zero-order chi connectivity index (χ0) is 13.1. The van der Waals surface area contributed by atoms with Crippen molar-refractivity contribution in [3.05, 3.63) is 67.5 Å². The van der Waals surface area contributed by atoms with Crippen LogP contribution >= 0.6 is 0 Å². The molecule has 90 valence electrons. The van der Waals surface area contributed by atoms with E-state index in [1.54, 1.807) is 18.2 Å². The molecule has 4 aromatic rings. The average Bonchev–Trinajstić information content (AvgIpc) is 2.87. The molecule has 4 rings (SSSR count). The minimum Gasteiger partial charge on any atom is -0.386 e. The number of hydrogen-bond donors (Lipinski definition) is 0. The molecule has 1 aromatic heterocycles. The van der Waals surface area contributed by atoms with E-state index >= 15 is 0 Å². The summed E-state index contributed by atoms with van der Waals surface area (Å²) in [5.41, 5.74) is -1.65. The van der Waals surface area contributed by atoms with Crippen LogP contribution in [0.5, 0.6) is 0 Å². The summed E-state index contributed by atoms with van der Waals surface area (Å²) < 4.78 is 4.57. The van der Waals surface area contributed by atoms with Crippen molar-refractivity contribution in [2.45, 2.75) is 0 Å². The van der Waals surface area contributed by atoms with Gasteiger partial charge in [-0.15, -0.1) is 0 Å². The molecule has 0 aliphatic carbocycles. The first-order valence-electron chi connectivity index (χ1n) is 5.76. The van der Waals surface area contributed by atoms with Crippen LogP contribution in [0.3, 0.4) is 0 Å². The van der Waals surface area contributed by atoms with Crippen LogP contribution in [0, 0.1) is 0 Å². The van der Waals surface area contributed by atoms with Crippen LogP contribution in [0.25, 0.3) is 32.3 Å². The first-order valence-corrected chi connectivity index (χ1v) is 5.76. The van der Waals surface area contributed by atoms with E-state index in [1.807, 2.05) is 12.1 Å². The van der Waals surface area contributed by atoms with Crippen LogP contribution in [0.4, 0.5) is 0 Å². The third kappa shape index (κ3) is 1.10. The summed E-state index contributed by atoms with van der Waals surface area (Å²) in [6.07, 6.45) is 0. The van der Waals surface area contributed by atoms with Gasteiger partial charge in [0, 0.05) is 10.8 Å². The maximum absolute atomic E-state index is 12.4.